The van der Waals surface area contributed by atoms with Gasteiger partial charge < -0.3 is 53.6 Å². The summed E-state index contributed by atoms with van der Waals surface area (Å²) in [6.45, 7) is 0.195. The van der Waals surface area contributed by atoms with Crippen LogP contribution in [0.15, 0.2) is 53.5 Å². The Kier molecular flexibility index (Phi) is 13.4. The molecular weight excluding hydrogens is 578 g/mol. The molecule has 3 amide bonds. The summed E-state index contributed by atoms with van der Waals surface area (Å²) in [6, 6.07) is 5.72. The van der Waals surface area contributed by atoms with Crippen LogP contribution in [0.1, 0.15) is 30.4 Å². The number of nitrogens with one attached hydrogen (secondary N) is 3. The summed E-state index contributed by atoms with van der Waals surface area (Å²) in [7, 11) is 0. The Bertz CT molecular complexity index is 1330. The highest BCUT2D eigenvalue weighted by Crippen LogP contribution is 2.14. The minimum absolute atomic E-state index is 0.0313. The molecule has 2 aromatic carbocycles. The molecule has 4 atom stereocenters. The van der Waals surface area contributed by atoms with E-state index in [9.17, 15) is 44.4 Å². The van der Waals surface area contributed by atoms with Crippen LogP contribution < -0.4 is 33.2 Å². The Balaban J connectivity index is 2.23. The Labute approximate surface area is 252 Å². The van der Waals surface area contributed by atoms with E-state index in [-0.39, 0.29) is 43.3 Å². The zero-order valence-corrected chi connectivity index (χ0v) is 23.7. The van der Waals surface area contributed by atoms with Gasteiger partial charge in [0.25, 0.3) is 0 Å². The van der Waals surface area contributed by atoms with Gasteiger partial charge in [-0.25, -0.2) is 4.79 Å². The number of amides is 3. The molecule has 44 heavy (non-hydrogen) atoms. The highest BCUT2D eigenvalue weighted by molar-refractivity contribution is 5.95. The first-order valence-corrected chi connectivity index (χ1v) is 13.5. The van der Waals surface area contributed by atoms with E-state index >= 15 is 0 Å². The van der Waals surface area contributed by atoms with Crippen LogP contribution >= 0.6 is 0 Å². The van der Waals surface area contributed by atoms with E-state index < -0.39 is 60.2 Å². The molecule has 0 fully saturated rings. The predicted molar refractivity (Wildman–Crippen MR) is 157 cm³/mol. The normalized spacial score (nSPS) is 13.4. The van der Waals surface area contributed by atoms with Crippen molar-refractivity contribution in [3.8, 4) is 11.5 Å². The molecule has 0 heterocycles. The smallest absolute Gasteiger partial charge is 0.326 e. The van der Waals surface area contributed by atoms with Crippen LogP contribution in [0.25, 0.3) is 0 Å². The molecule has 0 saturated heterocycles. The average Bonchev–Trinajstić information content (AvgIpc) is 2.95. The number of nitrogens with two attached hydrogens (primary N) is 3. The molecule has 16 heteroatoms. The van der Waals surface area contributed by atoms with E-state index in [0.717, 1.165) is 0 Å². The van der Waals surface area contributed by atoms with Crippen molar-refractivity contribution in [2.24, 2.45) is 22.2 Å². The van der Waals surface area contributed by atoms with Gasteiger partial charge in [0.2, 0.25) is 17.7 Å². The topological polar surface area (TPSA) is 293 Å². The van der Waals surface area contributed by atoms with E-state index in [1.165, 1.54) is 48.5 Å². The summed E-state index contributed by atoms with van der Waals surface area (Å²) in [5, 5.41) is 45.3. The van der Waals surface area contributed by atoms with E-state index in [1.807, 2.05) is 0 Å². The molecule has 238 valence electrons. The molecule has 13 N–H and O–H groups in total. The summed E-state index contributed by atoms with van der Waals surface area (Å²) in [6.07, 6.45) is -0.731. The maximum Gasteiger partial charge on any atom is 0.326 e. The number of aliphatic carboxylic acids is 2. The number of carbonyl (C=O) groups excluding carboxylic acids is 3. The van der Waals surface area contributed by atoms with Crippen LogP contribution in [0.4, 0.5) is 0 Å². The van der Waals surface area contributed by atoms with E-state index in [4.69, 9.17) is 17.2 Å². The third-order valence-corrected chi connectivity index (χ3v) is 6.32. The van der Waals surface area contributed by atoms with Gasteiger partial charge in [-0.2, -0.15) is 0 Å². The fraction of sp³-hybridized carbons (Fsp3) is 0.357. The number of aromatic hydroxyl groups is 2. The van der Waals surface area contributed by atoms with Crippen molar-refractivity contribution in [2.75, 3.05) is 6.54 Å². The van der Waals surface area contributed by atoms with Gasteiger partial charge in [-0.15, -0.1) is 0 Å². The van der Waals surface area contributed by atoms with E-state index in [0.29, 0.717) is 17.5 Å². The third-order valence-electron chi connectivity index (χ3n) is 6.32. The molecule has 0 aliphatic rings. The number of hydrogen-bond acceptors (Lipinski definition) is 9. The number of guanidine groups is 1. The number of hydrogen-bond donors (Lipinski definition) is 10. The van der Waals surface area contributed by atoms with Crippen molar-refractivity contribution in [1.29, 1.82) is 0 Å². The number of aliphatic imine (C=N–C) groups is 1. The lowest BCUT2D eigenvalue weighted by molar-refractivity contribution is -0.143. The zero-order valence-electron chi connectivity index (χ0n) is 23.7. The number of rotatable bonds is 17. The quantitative estimate of drug-likeness (QED) is 0.0540. The van der Waals surface area contributed by atoms with Crippen LogP contribution in [0.5, 0.6) is 11.5 Å². The third kappa shape index (κ3) is 12.2. The van der Waals surface area contributed by atoms with Gasteiger partial charge in [-0.05, 0) is 48.2 Å². The van der Waals surface area contributed by atoms with Crippen LogP contribution in [0, 0.1) is 0 Å². The Morgan fingerprint density at radius 1 is 0.705 bits per heavy atom. The molecule has 0 saturated carbocycles. The largest absolute Gasteiger partial charge is 0.508 e. The average molecular weight is 616 g/mol. The van der Waals surface area contributed by atoms with Gasteiger partial charge in [0, 0.05) is 19.4 Å². The summed E-state index contributed by atoms with van der Waals surface area (Å²) < 4.78 is 0. The van der Waals surface area contributed by atoms with Gasteiger partial charge in [0.15, 0.2) is 5.96 Å². The number of carbonyl (C=O) groups is 5. The van der Waals surface area contributed by atoms with Gasteiger partial charge in [-0.1, -0.05) is 24.3 Å². The van der Waals surface area contributed by atoms with Crippen LogP contribution in [-0.4, -0.2) is 86.8 Å². The minimum atomic E-state index is -1.63. The van der Waals surface area contributed by atoms with Crippen LogP contribution in [0.3, 0.4) is 0 Å². The minimum Gasteiger partial charge on any atom is -0.508 e. The predicted octanol–water partition coefficient (Wildman–Crippen LogP) is -1.72. The molecule has 16 nitrogen and oxygen atoms in total. The molecule has 0 radical (unpaired) electrons. The standard InChI is InChI=1S/C28H37N7O9/c29-19(2-1-11-32-28(30)31)24(40)33-21(14-23(38)39)26(42)34-20(12-15-3-7-17(36)8-4-15)25(41)35-22(27(43)44)13-16-5-9-18(37)10-6-16/h3-10,19-22,36-37H,1-2,11-14,29H2,(H,33,40)(H,34,42)(H,35,41)(H,38,39)(H,43,44)(H4,30,31,32). The van der Waals surface area contributed by atoms with Crippen molar-refractivity contribution in [1.82, 2.24) is 16.0 Å². The summed E-state index contributed by atoms with van der Waals surface area (Å²) in [5.74, 6) is -5.78. The Hall–Kier alpha value is -5.38. The van der Waals surface area contributed by atoms with Crippen LogP contribution in [0.2, 0.25) is 0 Å². The van der Waals surface area contributed by atoms with Crippen molar-refractivity contribution in [2.45, 2.75) is 56.3 Å². The Morgan fingerprint density at radius 2 is 1.16 bits per heavy atom. The van der Waals surface area contributed by atoms with Gasteiger partial charge >= 0.3 is 11.9 Å². The number of phenolic OH excluding ortho intramolecular Hbond substituents is 2. The maximum absolute atomic E-state index is 13.3. The van der Waals surface area contributed by atoms with E-state index in [2.05, 4.69) is 20.9 Å². The molecule has 0 aromatic heterocycles. The SMILES string of the molecule is NC(N)=NCCCC(N)C(=O)NC(CC(=O)O)C(=O)NC(Cc1ccc(O)cc1)C(=O)NC(Cc1ccc(O)cc1)C(=O)O. The number of benzene rings is 2. The van der Waals surface area contributed by atoms with Crippen LogP contribution in [-0.2, 0) is 36.8 Å². The second-order valence-electron chi connectivity index (χ2n) is 9.92. The molecular formula is C28H37N7O9. The number of carboxylic acids is 2. The number of phenols is 2. The van der Waals surface area contributed by atoms with Crippen molar-refractivity contribution < 1.29 is 44.4 Å². The van der Waals surface area contributed by atoms with Crippen molar-refractivity contribution >= 4 is 35.6 Å². The highest BCUT2D eigenvalue weighted by atomic mass is 16.4. The van der Waals surface area contributed by atoms with E-state index in [1.54, 1.807) is 0 Å². The molecule has 0 aliphatic heterocycles. The monoisotopic (exact) mass is 615 g/mol. The zero-order chi connectivity index (χ0) is 32.8. The first-order valence-electron chi connectivity index (χ1n) is 13.5. The summed E-state index contributed by atoms with van der Waals surface area (Å²) in [5.41, 5.74) is 17.3. The summed E-state index contributed by atoms with van der Waals surface area (Å²) >= 11 is 0. The molecule has 2 rings (SSSR count). The fourth-order valence-electron chi connectivity index (χ4n) is 4.00. The first-order chi connectivity index (χ1) is 20.7. The molecule has 4 unspecified atom stereocenters. The first kappa shape index (κ1) is 34.8. The summed E-state index contributed by atoms with van der Waals surface area (Å²) in [4.78, 5) is 66.5. The second kappa shape index (κ2) is 16.9. The highest BCUT2D eigenvalue weighted by Gasteiger charge is 2.31. The van der Waals surface area contributed by atoms with Gasteiger partial charge in [0.05, 0.1) is 12.5 Å². The van der Waals surface area contributed by atoms with Crippen molar-refractivity contribution in [3.05, 3.63) is 59.7 Å². The fourth-order valence-corrected chi connectivity index (χ4v) is 4.00. The lowest BCUT2D eigenvalue weighted by Crippen LogP contribution is -2.58. The molecule has 2 aromatic rings. The van der Waals surface area contributed by atoms with Gasteiger partial charge in [-0.3, -0.25) is 24.2 Å². The molecule has 0 bridgehead atoms. The van der Waals surface area contributed by atoms with Gasteiger partial charge in [0.1, 0.15) is 29.6 Å². The molecule has 0 aliphatic carbocycles. The molecule has 0 spiro atoms. The lowest BCUT2D eigenvalue weighted by atomic mass is 10.0. The maximum atomic E-state index is 13.3. The van der Waals surface area contributed by atoms with Crippen molar-refractivity contribution in [3.63, 3.8) is 0 Å². The number of carboxylic acid groups (broad SMARTS) is 2. The lowest BCUT2D eigenvalue weighted by Gasteiger charge is -2.25. The second-order valence-corrected chi connectivity index (χ2v) is 9.92. The Morgan fingerprint density at radius 3 is 1.64 bits per heavy atom. The number of nitrogens with zero attached hydrogens (tertiary/aromatic N) is 1.